The Hall–Kier alpha value is -0.760. The van der Waals surface area contributed by atoms with Gasteiger partial charge in [-0.05, 0) is 13.0 Å². The van der Waals surface area contributed by atoms with E-state index >= 15 is 0 Å². The van der Waals surface area contributed by atoms with Gasteiger partial charge >= 0.3 is 0 Å². The minimum absolute atomic E-state index is 1.01. The van der Waals surface area contributed by atoms with E-state index in [0.29, 0.717) is 0 Å². The molecule has 0 aliphatic carbocycles. The van der Waals surface area contributed by atoms with Gasteiger partial charge in [0.15, 0.2) is 0 Å². The third-order valence-electron chi connectivity index (χ3n) is 1.42. The van der Waals surface area contributed by atoms with E-state index in [1.54, 1.807) is 17.6 Å². The van der Waals surface area contributed by atoms with Gasteiger partial charge in [0.25, 0.3) is 0 Å². The van der Waals surface area contributed by atoms with Crippen molar-refractivity contribution in [1.82, 2.24) is 0 Å². The van der Waals surface area contributed by atoms with Gasteiger partial charge in [-0.3, -0.25) is 0 Å². The van der Waals surface area contributed by atoms with Gasteiger partial charge in [0.05, 0.1) is 6.26 Å². The third-order valence-corrected chi connectivity index (χ3v) is 2.32. The smallest absolute Gasteiger partial charge is 0.144 e. The van der Waals surface area contributed by atoms with Gasteiger partial charge < -0.3 is 4.42 Å². The Balaban J connectivity index is 2.99. The highest BCUT2D eigenvalue weighted by Crippen LogP contribution is 2.24. The topological polar surface area (TPSA) is 13.1 Å². The average Bonchev–Trinajstić information content (AvgIpc) is 2.35. The summed E-state index contributed by atoms with van der Waals surface area (Å²) in [5.41, 5.74) is 1.01. The minimum Gasteiger partial charge on any atom is -0.463 e. The van der Waals surface area contributed by atoms with Crippen LogP contribution in [0.4, 0.5) is 0 Å². The van der Waals surface area contributed by atoms with E-state index in [-0.39, 0.29) is 0 Å². The second-order valence-electron chi connectivity index (χ2n) is 1.99. The Kier molecular flexibility index (Phi) is 0.904. The summed E-state index contributed by atoms with van der Waals surface area (Å²) >= 11 is 1.73. The van der Waals surface area contributed by atoms with Crippen LogP contribution in [0.1, 0.15) is 4.88 Å². The maximum absolute atomic E-state index is 5.15. The lowest BCUT2D eigenvalue weighted by Gasteiger charge is -1.74. The van der Waals surface area contributed by atoms with Crippen LogP contribution in [-0.2, 0) is 0 Å². The van der Waals surface area contributed by atoms with E-state index < -0.39 is 0 Å². The largest absolute Gasteiger partial charge is 0.463 e. The van der Waals surface area contributed by atoms with E-state index in [1.165, 1.54) is 10.3 Å². The van der Waals surface area contributed by atoms with E-state index in [4.69, 9.17) is 4.42 Å². The predicted octanol–water partition coefficient (Wildman–Crippen LogP) is 2.80. The number of furan rings is 1. The summed E-state index contributed by atoms with van der Waals surface area (Å²) in [4.78, 5) is 1.33. The van der Waals surface area contributed by atoms with Crippen molar-refractivity contribution in [3.63, 3.8) is 0 Å². The standard InChI is InChI=1S/C7H6OS/c1-5-6-2-3-8-7(6)4-9-5/h2-4H,1H3. The SMILES string of the molecule is Cc1scc2occc12. The van der Waals surface area contributed by atoms with Crippen LogP contribution in [0.25, 0.3) is 11.0 Å². The highest BCUT2D eigenvalue weighted by molar-refractivity contribution is 7.11. The van der Waals surface area contributed by atoms with Crippen molar-refractivity contribution in [1.29, 1.82) is 0 Å². The normalized spacial score (nSPS) is 10.8. The lowest BCUT2D eigenvalue weighted by atomic mass is 10.3. The van der Waals surface area contributed by atoms with E-state index in [0.717, 1.165) is 5.58 Å². The first kappa shape index (κ1) is 5.06. The number of thiophene rings is 1. The van der Waals surface area contributed by atoms with Crippen LogP contribution in [0, 0.1) is 6.92 Å². The second-order valence-corrected chi connectivity index (χ2v) is 3.07. The summed E-state index contributed by atoms with van der Waals surface area (Å²) in [6, 6.07) is 2.00. The van der Waals surface area contributed by atoms with Crippen molar-refractivity contribution in [2.75, 3.05) is 0 Å². The highest BCUT2D eigenvalue weighted by Gasteiger charge is 1.99. The highest BCUT2D eigenvalue weighted by atomic mass is 32.1. The van der Waals surface area contributed by atoms with Gasteiger partial charge in [-0.25, -0.2) is 0 Å². The molecule has 0 saturated heterocycles. The molecule has 2 heterocycles. The van der Waals surface area contributed by atoms with E-state index in [1.807, 2.05) is 11.4 Å². The first-order chi connectivity index (χ1) is 4.38. The molecule has 0 amide bonds. The average molecular weight is 138 g/mol. The van der Waals surface area contributed by atoms with E-state index in [9.17, 15) is 0 Å². The molecule has 0 aromatic carbocycles. The summed E-state index contributed by atoms with van der Waals surface area (Å²) in [6.45, 7) is 2.10. The summed E-state index contributed by atoms with van der Waals surface area (Å²) in [7, 11) is 0. The Labute approximate surface area is 56.9 Å². The lowest BCUT2D eigenvalue weighted by Crippen LogP contribution is -1.52. The second kappa shape index (κ2) is 1.61. The lowest BCUT2D eigenvalue weighted by molar-refractivity contribution is 0.617. The van der Waals surface area contributed by atoms with Gasteiger partial charge in [-0.2, -0.15) is 0 Å². The molecule has 0 radical (unpaired) electrons. The molecule has 0 atom stereocenters. The minimum atomic E-state index is 1.01. The Morgan fingerprint density at radius 1 is 1.56 bits per heavy atom. The van der Waals surface area contributed by atoms with Crippen LogP contribution in [0.3, 0.4) is 0 Å². The molecule has 46 valence electrons. The molecule has 2 heteroatoms. The number of hydrogen-bond donors (Lipinski definition) is 0. The maximum atomic E-state index is 5.15. The molecular weight excluding hydrogens is 132 g/mol. The number of fused-ring (bicyclic) bond motifs is 1. The molecule has 9 heavy (non-hydrogen) atoms. The number of rotatable bonds is 0. The molecule has 0 unspecified atom stereocenters. The first-order valence-corrected chi connectivity index (χ1v) is 3.67. The zero-order valence-corrected chi connectivity index (χ0v) is 5.87. The van der Waals surface area contributed by atoms with Crippen molar-refractivity contribution in [2.24, 2.45) is 0 Å². The molecule has 2 aromatic heterocycles. The van der Waals surface area contributed by atoms with Crippen molar-refractivity contribution >= 4 is 22.3 Å². The van der Waals surface area contributed by atoms with Gasteiger partial charge in [0, 0.05) is 15.6 Å². The zero-order chi connectivity index (χ0) is 6.27. The van der Waals surface area contributed by atoms with E-state index in [2.05, 4.69) is 6.92 Å². The molecule has 1 nitrogen and oxygen atoms in total. The molecule has 0 fully saturated rings. The fourth-order valence-electron chi connectivity index (χ4n) is 0.908. The monoisotopic (exact) mass is 138 g/mol. The molecule has 2 rings (SSSR count). The first-order valence-electron chi connectivity index (χ1n) is 2.79. The summed E-state index contributed by atoms with van der Waals surface area (Å²) in [6.07, 6.45) is 1.73. The Bertz CT molecular complexity index is 318. The molecule has 0 spiro atoms. The summed E-state index contributed by atoms with van der Waals surface area (Å²) in [5.74, 6) is 0. The van der Waals surface area contributed by atoms with Crippen LogP contribution in [0.5, 0.6) is 0 Å². The fourth-order valence-corrected chi connectivity index (χ4v) is 1.67. The molecule has 0 saturated carbocycles. The summed E-state index contributed by atoms with van der Waals surface area (Å²) in [5, 5.41) is 3.28. The Morgan fingerprint density at radius 2 is 2.44 bits per heavy atom. The molecule has 2 aromatic rings. The van der Waals surface area contributed by atoms with Gasteiger partial charge in [0.1, 0.15) is 5.58 Å². The van der Waals surface area contributed by atoms with Gasteiger partial charge in [-0.1, -0.05) is 0 Å². The molecule has 0 aliphatic heterocycles. The Morgan fingerprint density at radius 3 is 3.22 bits per heavy atom. The quantitative estimate of drug-likeness (QED) is 0.545. The van der Waals surface area contributed by atoms with Crippen LogP contribution in [-0.4, -0.2) is 0 Å². The maximum Gasteiger partial charge on any atom is 0.144 e. The van der Waals surface area contributed by atoms with Gasteiger partial charge in [-0.15, -0.1) is 11.3 Å². The fraction of sp³-hybridized carbons (Fsp3) is 0.143. The van der Waals surface area contributed by atoms with Crippen LogP contribution >= 0.6 is 11.3 Å². The number of aryl methyl sites for hydroxylation is 1. The van der Waals surface area contributed by atoms with Crippen molar-refractivity contribution < 1.29 is 4.42 Å². The molecule has 0 N–H and O–H groups in total. The number of hydrogen-bond acceptors (Lipinski definition) is 2. The van der Waals surface area contributed by atoms with Crippen LogP contribution in [0.15, 0.2) is 22.1 Å². The third kappa shape index (κ3) is 0.598. The van der Waals surface area contributed by atoms with Crippen molar-refractivity contribution in [2.45, 2.75) is 6.92 Å². The van der Waals surface area contributed by atoms with Gasteiger partial charge in [0.2, 0.25) is 0 Å². The van der Waals surface area contributed by atoms with Crippen LogP contribution < -0.4 is 0 Å². The zero-order valence-electron chi connectivity index (χ0n) is 5.05. The molecule has 0 aliphatic rings. The van der Waals surface area contributed by atoms with Crippen molar-refractivity contribution in [3.8, 4) is 0 Å². The molecular formula is C7H6OS. The van der Waals surface area contributed by atoms with Crippen molar-refractivity contribution in [3.05, 3.63) is 22.6 Å². The molecule has 0 bridgehead atoms. The predicted molar refractivity (Wildman–Crippen MR) is 38.8 cm³/mol. The summed E-state index contributed by atoms with van der Waals surface area (Å²) < 4.78 is 5.15. The van der Waals surface area contributed by atoms with Crippen LogP contribution in [0.2, 0.25) is 0 Å².